The largest absolute Gasteiger partial charge is 0.339 e. The van der Waals surface area contributed by atoms with E-state index in [1.165, 1.54) is 22.7 Å². The maximum absolute atomic E-state index is 13.3. The molecule has 0 spiro atoms. The summed E-state index contributed by atoms with van der Waals surface area (Å²) in [5, 5.41) is 1.95. The molecule has 1 saturated carbocycles. The number of thiophene rings is 1. The summed E-state index contributed by atoms with van der Waals surface area (Å²) >= 11 is 1.51. The van der Waals surface area contributed by atoms with Gasteiger partial charge in [-0.3, -0.25) is 14.5 Å². The van der Waals surface area contributed by atoms with E-state index in [2.05, 4.69) is 0 Å². The van der Waals surface area contributed by atoms with Crippen molar-refractivity contribution in [3.63, 3.8) is 0 Å². The van der Waals surface area contributed by atoms with Crippen molar-refractivity contribution in [2.24, 2.45) is 0 Å². The molecule has 0 atom stereocenters. The third-order valence-corrected chi connectivity index (χ3v) is 6.16. The van der Waals surface area contributed by atoms with E-state index >= 15 is 0 Å². The molecular weight excluding hydrogens is 344 g/mol. The predicted molar refractivity (Wildman–Crippen MR) is 105 cm³/mol. The molecule has 2 heterocycles. The fourth-order valence-electron chi connectivity index (χ4n) is 3.94. The molecule has 1 aromatic carbocycles. The number of hydrogen-bond donors (Lipinski definition) is 0. The van der Waals surface area contributed by atoms with Gasteiger partial charge < -0.3 is 4.90 Å². The lowest BCUT2D eigenvalue weighted by Crippen LogP contribution is -2.43. The maximum Gasteiger partial charge on any atom is 0.278 e. The molecule has 5 heteroatoms. The van der Waals surface area contributed by atoms with Gasteiger partial charge in [-0.15, -0.1) is 11.3 Å². The second kappa shape index (κ2) is 7.08. The van der Waals surface area contributed by atoms with Gasteiger partial charge in [0.05, 0.1) is 5.57 Å². The van der Waals surface area contributed by atoms with Crippen LogP contribution in [0.25, 0.3) is 5.57 Å². The molecule has 26 heavy (non-hydrogen) atoms. The van der Waals surface area contributed by atoms with Crippen LogP contribution in [0.3, 0.4) is 0 Å². The van der Waals surface area contributed by atoms with E-state index in [9.17, 15) is 9.59 Å². The molecule has 2 amide bonds. The van der Waals surface area contributed by atoms with Gasteiger partial charge in [0, 0.05) is 23.7 Å². The Hall–Kier alpha value is -2.40. The number of rotatable bonds is 4. The van der Waals surface area contributed by atoms with Crippen LogP contribution in [0.15, 0.2) is 53.5 Å². The Labute approximate surface area is 157 Å². The van der Waals surface area contributed by atoms with E-state index in [4.69, 9.17) is 0 Å². The average molecular weight is 366 g/mol. The Morgan fingerprint density at radius 2 is 1.69 bits per heavy atom. The summed E-state index contributed by atoms with van der Waals surface area (Å²) in [5.41, 5.74) is 1.94. The van der Waals surface area contributed by atoms with E-state index in [0.717, 1.165) is 36.2 Å². The molecule has 0 unspecified atom stereocenters. The fourth-order valence-corrected chi connectivity index (χ4v) is 4.70. The van der Waals surface area contributed by atoms with Gasteiger partial charge in [-0.25, -0.2) is 0 Å². The zero-order valence-electron chi connectivity index (χ0n) is 14.9. The third kappa shape index (κ3) is 2.86. The maximum atomic E-state index is 13.3. The molecule has 0 N–H and O–H groups in total. The summed E-state index contributed by atoms with van der Waals surface area (Å²) in [6.45, 7) is 0. The number of amides is 2. The van der Waals surface area contributed by atoms with Crippen LogP contribution in [0.2, 0.25) is 0 Å². The Bertz CT molecular complexity index is 836. The molecular formula is C21H22N2O2S. The molecule has 0 saturated heterocycles. The summed E-state index contributed by atoms with van der Waals surface area (Å²) in [5.74, 6) is -0.293. The topological polar surface area (TPSA) is 40.6 Å². The highest BCUT2D eigenvalue weighted by atomic mass is 32.1. The minimum absolute atomic E-state index is 0.0281. The standard InChI is InChI=1S/C21H22N2O2S/c1-22(15-9-4-2-5-10-15)19-18(17-13-8-14-26-17)20(24)23(21(19)25)16-11-6-3-7-12-16/h2,4-5,8-10,13-14,16H,3,6-7,11-12H2,1H3. The lowest BCUT2D eigenvalue weighted by Gasteiger charge is -2.30. The number of carbonyl (C=O) groups is 2. The Morgan fingerprint density at radius 1 is 0.962 bits per heavy atom. The summed E-state index contributed by atoms with van der Waals surface area (Å²) in [6, 6.07) is 13.6. The van der Waals surface area contributed by atoms with Gasteiger partial charge in [-0.1, -0.05) is 43.5 Å². The van der Waals surface area contributed by atoms with Gasteiger partial charge in [0.2, 0.25) is 0 Å². The van der Waals surface area contributed by atoms with Crippen molar-refractivity contribution < 1.29 is 9.59 Å². The first-order chi connectivity index (χ1) is 12.7. The summed E-state index contributed by atoms with van der Waals surface area (Å²) < 4.78 is 0. The van der Waals surface area contributed by atoms with E-state index in [1.54, 1.807) is 0 Å². The second-order valence-electron chi connectivity index (χ2n) is 6.87. The first-order valence-corrected chi connectivity index (χ1v) is 10.0. The number of nitrogens with zero attached hydrogens (tertiary/aromatic N) is 2. The van der Waals surface area contributed by atoms with Gasteiger partial charge >= 0.3 is 0 Å². The zero-order valence-corrected chi connectivity index (χ0v) is 15.7. The number of anilines is 1. The van der Waals surface area contributed by atoms with Crippen LogP contribution >= 0.6 is 11.3 Å². The van der Waals surface area contributed by atoms with Crippen LogP contribution in [-0.2, 0) is 9.59 Å². The highest BCUT2D eigenvalue weighted by molar-refractivity contribution is 7.11. The van der Waals surface area contributed by atoms with Gasteiger partial charge in [0.15, 0.2) is 0 Å². The van der Waals surface area contributed by atoms with Gasteiger partial charge in [0.1, 0.15) is 5.70 Å². The second-order valence-corrected chi connectivity index (χ2v) is 7.82. The number of imide groups is 1. The van der Waals surface area contributed by atoms with Crippen LogP contribution in [-0.4, -0.2) is 29.8 Å². The lowest BCUT2D eigenvalue weighted by atomic mass is 9.94. The SMILES string of the molecule is CN(C1=C(c2cccs2)C(=O)N(C2CCCCC2)C1=O)c1ccccc1. The molecule has 1 aliphatic heterocycles. The Balaban J connectivity index is 1.78. The van der Waals surface area contributed by atoms with Crippen molar-refractivity contribution in [2.45, 2.75) is 38.1 Å². The molecule has 1 aromatic heterocycles. The van der Waals surface area contributed by atoms with Crippen molar-refractivity contribution in [3.8, 4) is 0 Å². The Morgan fingerprint density at radius 3 is 2.35 bits per heavy atom. The number of para-hydroxylation sites is 1. The van der Waals surface area contributed by atoms with E-state index in [0.29, 0.717) is 11.3 Å². The first kappa shape index (κ1) is 17.0. The molecule has 1 aliphatic carbocycles. The molecule has 4 rings (SSSR count). The van der Waals surface area contributed by atoms with Gasteiger partial charge in [-0.05, 0) is 36.4 Å². The molecule has 2 aliphatic rings. The van der Waals surface area contributed by atoms with Crippen LogP contribution in [0, 0.1) is 0 Å². The first-order valence-electron chi connectivity index (χ1n) is 9.13. The molecule has 2 aromatic rings. The minimum atomic E-state index is -0.156. The summed E-state index contributed by atoms with van der Waals surface area (Å²) in [7, 11) is 1.87. The molecule has 4 nitrogen and oxygen atoms in total. The zero-order chi connectivity index (χ0) is 18.1. The number of benzene rings is 1. The van der Waals surface area contributed by atoms with Crippen LogP contribution < -0.4 is 4.90 Å². The highest BCUT2D eigenvalue weighted by Crippen LogP contribution is 2.38. The predicted octanol–water partition coefficient (Wildman–Crippen LogP) is 4.30. The Kier molecular flexibility index (Phi) is 4.64. The van der Waals surface area contributed by atoms with Crippen molar-refractivity contribution in [2.75, 3.05) is 11.9 Å². The van der Waals surface area contributed by atoms with E-state index < -0.39 is 0 Å². The van der Waals surface area contributed by atoms with E-state index in [1.807, 2.05) is 59.8 Å². The van der Waals surface area contributed by atoms with Gasteiger partial charge in [-0.2, -0.15) is 0 Å². The molecule has 0 bridgehead atoms. The number of likely N-dealkylation sites (N-methyl/N-ethyl adjacent to an activating group) is 1. The van der Waals surface area contributed by atoms with Crippen molar-refractivity contribution in [1.29, 1.82) is 0 Å². The normalized spacial score (nSPS) is 18.7. The van der Waals surface area contributed by atoms with Crippen LogP contribution in [0.4, 0.5) is 5.69 Å². The monoisotopic (exact) mass is 366 g/mol. The molecule has 1 fully saturated rings. The van der Waals surface area contributed by atoms with Crippen molar-refractivity contribution in [3.05, 3.63) is 58.4 Å². The summed E-state index contributed by atoms with van der Waals surface area (Å²) in [6.07, 6.45) is 5.18. The minimum Gasteiger partial charge on any atom is -0.339 e. The quantitative estimate of drug-likeness (QED) is 0.758. The average Bonchev–Trinajstić information content (AvgIpc) is 3.29. The third-order valence-electron chi connectivity index (χ3n) is 5.28. The summed E-state index contributed by atoms with van der Waals surface area (Å²) in [4.78, 5) is 30.9. The lowest BCUT2D eigenvalue weighted by molar-refractivity contribution is -0.140. The molecule has 0 radical (unpaired) electrons. The number of hydrogen-bond acceptors (Lipinski definition) is 4. The van der Waals surface area contributed by atoms with Crippen molar-refractivity contribution in [1.82, 2.24) is 4.90 Å². The van der Waals surface area contributed by atoms with Crippen LogP contribution in [0.5, 0.6) is 0 Å². The highest BCUT2D eigenvalue weighted by Gasteiger charge is 2.44. The smallest absolute Gasteiger partial charge is 0.278 e. The molecule has 134 valence electrons. The number of carbonyl (C=O) groups excluding carboxylic acids is 2. The van der Waals surface area contributed by atoms with Crippen molar-refractivity contribution >= 4 is 34.4 Å². The van der Waals surface area contributed by atoms with Gasteiger partial charge in [0.25, 0.3) is 11.8 Å². The van der Waals surface area contributed by atoms with E-state index in [-0.39, 0.29) is 17.9 Å². The fraction of sp³-hybridized carbons (Fsp3) is 0.333. The van der Waals surface area contributed by atoms with Crippen LogP contribution in [0.1, 0.15) is 37.0 Å².